The number of non-ortho nitro benzene ring substituents is 1. The molecule has 98 valence electrons. The maximum atomic E-state index is 10.6. The number of hydroxylamine groups is 1. The first-order chi connectivity index (χ1) is 8.33. The molecule has 0 saturated carbocycles. The monoisotopic (exact) mass is 271 g/mol. The van der Waals surface area contributed by atoms with Gasteiger partial charge in [0.2, 0.25) is 0 Å². The van der Waals surface area contributed by atoms with Gasteiger partial charge < -0.3 is 0 Å². The summed E-state index contributed by atoms with van der Waals surface area (Å²) < 4.78 is 0. The highest BCUT2D eigenvalue weighted by Crippen LogP contribution is 2.15. The zero-order valence-electron chi connectivity index (χ0n) is 10.1. The molecule has 1 rings (SSSR count). The lowest BCUT2D eigenvalue weighted by molar-refractivity contribution is -0.384. The van der Waals surface area contributed by atoms with Crippen LogP contribution >= 0.6 is 11.6 Å². The van der Waals surface area contributed by atoms with Crippen molar-refractivity contribution in [2.75, 3.05) is 6.54 Å². The van der Waals surface area contributed by atoms with E-state index in [2.05, 4.69) is 4.99 Å². The van der Waals surface area contributed by atoms with Gasteiger partial charge in [-0.05, 0) is 13.8 Å². The van der Waals surface area contributed by atoms with Gasteiger partial charge in [-0.25, -0.2) is 0 Å². The highest BCUT2D eigenvalue weighted by Gasteiger charge is 2.14. The highest BCUT2D eigenvalue weighted by molar-refractivity contribution is 6.23. The van der Waals surface area contributed by atoms with Crippen molar-refractivity contribution >= 4 is 23.1 Å². The summed E-state index contributed by atoms with van der Waals surface area (Å²) in [6.45, 7) is 3.82. The predicted octanol–water partition coefficient (Wildman–Crippen LogP) is 2.34. The molecule has 2 N–H and O–H groups in total. The number of nitrogens with zero attached hydrogens (tertiary/aromatic N) is 2. The van der Waals surface area contributed by atoms with Crippen LogP contribution in [-0.4, -0.2) is 27.4 Å². The van der Waals surface area contributed by atoms with Gasteiger partial charge in [-0.15, -0.1) is 11.6 Å². The molecule has 0 atom stereocenters. The lowest BCUT2D eigenvalue weighted by Gasteiger charge is -2.13. The summed E-state index contributed by atoms with van der Waals surface area (Å²) in [7, 11) is 0. The quantitative estimate of drug-likeness (QED) is 0.289. The van der Waals surface area contributed by atoms with Crippen LogP contribution in [0.3, 0.4) is 0 Å². The molecule has 0 spiro atoms. The molecule has 1 aromatic rings. The van der Waals surface area contributed by atoms with E-state index in [-0.39, 0.29) is 18.1 Å². The van der Waals surface area contributed by atoms with Crippen molar-refractivity contribution in [3.63, 3.8) is 0 Å². The number of nitro groups is 1. The van der Waals surface area contributed by atoms with E-state index in [1.54, 1.807) is 19.9 Å². The Morgan fingerprint density at radius 3 is 2.78 bits per heavy atom. The third-order valence-electron chi connectivity index (χ3n) is 2.05. The average molecular weight is 272 g/mol. The Hall–Kier alpha value is -1.66. The van der Waals surface area contributed by atoms with Crippen LogP contribution in [0.2, 0.25) is 0 Å². The third kappa shape index (κ3) is 4.31. The van der Waals surface area contributed by atoms with Crippen molar-refractivity contribution in [2.24, 2.45) is 4.99 Å². The SMILES string of the molecule is CC(C)(Cl)CN=C(NO)c1cccc([N+](=O)[O-])c1. The Balaban J connectivity index is 3.02. The number of alkyl halides is 1. The molecule has 18 heavy (non-hydrogen) atoms. The number of nitro benzene ring substituents is 1. The van der Waals surface area contributed by atoms with Gasteiger partial charge in [0.25, 0.3) is 5.69 Å². The smallest absolute Gasteiger partial charge is 0.270 e. The topological polar surface area (TPSA) is 87.8 Å². The minimum absolute atomic E-state index is 0.0689. The summed E-state index contributed by atoms with van der Waals surface area (Å²) in [5.41, 5.74) is 2.28. The first kappa shape index (κ1) is 14.4. The van der Waals surface area contributed by atoms with E-state index in [4.69, 9.17) is 16.8 Å². The van der Waals surface area contributed by atoms with E-state index in [0.717, 1.165) is 0 Å². The van der Waals surface area contributed by atoms with Crippen molar-refractivity contribution < 1.29 is 10.1 Å². The Morgan fingerprint density at radius 2 is 2.28 bits per heavy atom. The van der Waals surface area contributed by atoms with Crippen LogP contribution in [0, 0.1) is 10.1 Å². The Labute approximate surface area is 109 Å². The van der Waals surface area contributed by atoms with Crippen molar-refractivity contribution in [3.8, 4) is 0 Å². The number of amidine groups is 1. The van der Waals surface area contributed by atoms with Crippen LogP contribution in [0.5, 0.6) is 0 Å². The summed E-state index contributed by atoms with van der Waals surface area (Å²) in [4.78, 5) is 13.7. The van der Waals surface area contributed by atoms with Crippen molar-refractivity contribution in [1.29, 1.82) is 0 Å². The molecule has 0 radical (unpaired) electrons. The zero-order chi connectivity index (χ0) is 13.8. The predicted molar refractivity (Wildman–Crippen MR) is 69.4 cm³/mol. The third-order valence-corrected chi connectivity index (χ3v) is 2.17. The molecular formula is C11H14ClN3O3. The van der Waals surface area contributed by atoms with Crippen LogP contribution in [0.25, 0.3) is 0 Å². The number of benzene rings is 1. The molecule has 0 bridgehead atoms. The fourth-order valence-corrected chi connectivity index (χ4v) is 1.28. The second kappa shape index (κ2) is 5.79. The minimum Gasteiger partial charge on any atom is -0.290 e. The van der Waals surface area contributed by atoms with Crippen LogP contribution in [0.4, 0.5) is 5.69 Å². The molecule has 0 aromatic heterocycles. The molecule has 0 aliphatic carbocycles. The van der Waals surface area contributed by atoms with E-state index in [9.17, 15) is 10.1 Å². The number of rotatable bonds is 4. The molecule has 1 aromatic carbocycles. The largest absolute Gasteiger partial charge is 0.290 e. The van der Waals surface area contributed by atoms with Gasteiger partial charge in [0.15, 0.2) is 5.84 Å². The van der Waals surface area contributed by atoms with Gasteiger partial charge >= 0.3 is 0 Å². The Bertz CT molecular complexity index is 469. The minimum atomic E-state index is -0.553. The van der Waals surface area contributed by atoms with Gasteiger partial charge in [-0.3, -0.25) is 25.8 Å². The average Bonchev–Trinajstić information content (AvgIpc) is 2.28. The summed E-state index contributed by atoms with van der Waals surface area (Å²) in [6, 6.07) is 5.82. The molecule has 6 nitrogen and oxygen atoms in total. The maximum Gasteiger partial charge on any atom is 0.270 e. The van der Waals surface area contributed by atoms with Gasteiger partial charge in [0.05, 0.1) is 16.3 Å². The molecule has 7 heteroatoms. The fraction of sp³-hybridized carbons (Fsp3) is 0.364. The van der Waals surface area contributed by atoms with Gasteiger partial charge in [0.1, 0.15) is 0 Å². The second-order valence-electron chi connectivity index (χ2n) is 4.30. The van der Waals surface area contributed by atoms with Gasteiger partial charge in [-0.2, -0.15) is 0 Å². The zero-order valence-corrected chi connectivity index (χ0v) is 10.8. The molecule has 0 saturated heterocycles. The molecular weight excluding hydrogens is 258 g/mol. The number of hydrogen-bond acceptors (Lipinski definition) is 4. The standard InChI is InChI=1S/C11H14ClN3O3/c1-11(2,12)7-13-10(14-16)8-4-3-5-9(6-8)15(17)18/h3-6,16H,7H2,1-2H3,(H,13,14). The second-order valence-corrected chi connectivity index (χ2v) is 5.33. The molecule has 0 fully saturated rings. The van der Waals surface area contributed by atoms with E-state index >= 15 is 0 Å². The van der Waals surface area contributed by atoms with Crippen LogP contribution < -0.4 is 5.48 Å². The van der Waals surface area contributed by atoms with Crippen molar-refractivity contribution in [3.05, 3.63) is 39.9 Å². The maximum absolute atomic E-state index is 10.6. The Morgan fingerprint density at radius 1 is 1.61 bits per heavy atom. The number of halogens is 1. The van der Waals surface area contributed by atoms with Crippen LogP contribution in [-0.2, 0) is 0 Å². The lowest BCUT2D eigenvalue weighted by Crippen LogP contribution is -2.24. The molecule has 0 aliphatic rings. The van der Waals surface area contributed by atoms with E-state index < -0.39 is 9.80 Å². The number of aliphatic imine (C=N–C) groups is 1. The molecule has 0 unspecified atom stereocenters. The number of hydrogen-bond donors (Lipinski definition) is 2. The summed E-state index contributed by atoms with van der Waals surface area (Å²) in [5.74, 6) is 0.146. The van der Waals surface area contributed by atoms with Crippen molar-refractivity contribution in [1.82, 2.24) is 5.48 Å². The van der Waals surface area contributed by atoms with Crippen LogP contribution in [0.15, 0.2) is 29.3 Å². The highest BCUT2D eigenvalue weighted by atomic mass is 35.5. The molecule has 0 aliphatic heterocycles. The molecule has 0 heterocycles. The lowest BCUT2D eigenvalue weighted by atomic mass is 10.1. The van der Waals surface area contributed by atoms with E-state index in [0.29, 0.717) is 5.56 Å². The molecule has 0 amide bonds. The Kier molecular flexibility index (Phi) is 4.63. The number of nitrogens with one attached hydrogen (secondary N) is 1. The fourth-order valence-electron chi connectivity index (χ4n) is 1.23. The first-order valence-electron chi connectivity index (χ1n) is 5.22. The van der Waals surface area contributed by atoms with Crippen LogP contribution in [0.1, 0.15) is 19.4 Å². The summed E-state index contributed by atoms with van der Waals surface area (Å²) >= 11 is 5.98. The van der Waals surface area contributed by atoms with Gasteiger partial charge in [-0.1, -0.05) is 12.1 Å². The summed E-state index contributed by atoms with van der Waals surface area (Å²) in [6.07, 6.45) is 0. The normalized spacial score (nSPS) is 12.3. The van der Waals surface area contributed by atoms with E-state index in [1.165, 1.54) is 18.2 Å². The first-order valence-corrected chi connectivity index (χ1v) is 5.59. The van der Waals surface area contributed by atoms with Crippen molar-refractivity contribution in [2.45, 2.75) is 18.7 Å². The summed E-state index contributed by atoms with van der Waals surface area (Å²) in [5, 5.41) is 19.7. The van der Waals surface area contributed by atoms with E-state index in [1.807, 2.05) is 5.48 Å². The van der Waals surface area contributed by atoms with Gasteiger partial charge in [0, 0.05) is 17.7 Å².